The number of nitrogens with zero attached hydrogens (tertiary/aromatic N) is 1. The monoisotopic (exact) mass is 794 g/mol. The van der Waals surface area contributed by atoms with E-state index in [9.17, 15) is 14.4 Å². The molecule has 1 unspecified atom stereocenters. The molecule has 53 heavy (non-hydrogen) atoms. The second-order valence-corrected chi connectivity index (χ2v) is 14.9. The molecule has 1 heterocycles. The van der Waals surface area contributed by atoms with Crippen LogP contribution in [0.15, 0.2) is 172 Å². The lowest BCUT2D eigenvalue weighted by molar-refractivity contribution is -0.116. The summed E-state index contributed by atoms with van der Waals surface area (Å²) >= 11 is 6.17. The predicted molar refractivity (Wildman–Crippen MR) is 220 cm³/mol. The third kappa shape index (κ3) is 9.17. The molecule has 1 atom stereocenters. The van der Waals surface area contributed by atoms with Crippen molar-refractivity contribution in [1.29, 1.82) is 0 Å². The van der Waals surface area contributed by atoms with Gasteiger partial charge >= 0.3 is 0 Å². The fourth-order valence-corrected chi connectivity index (χ4v) is 7.60. The highest BCUT2D eigenvalue weighted by Crippen LogP contribution is 2.38. The molecule has 0 aliphatic heterocycles. The van der Waals surface area contributed by atoms with Crippen molar-refractivity contribution in [2.45, 2.75) is 10.1 Å². The third-order valence-corrected chi connectivity index (χ3v) is 10.7. The minimum atomic E-state index is -0.617. The van der Waals surface area contributed by atoms with Crippen LogP contribution in [0.4, 0.5) is 10.8 Å². The highest BCUT2D eigenvalue weighted by molar-refractivity contribution is 9.10. The fourth-order valence-electron chi connectivity index (χ4n) is 5.53. The van der Waals surface area contributed by atoms with E-state index < -0.39 is 17.1 Å². The number of benzene rings is 6. The Bertz CT molecular complexity index is 2430. The van der Waals surface area contributed by atoms with Crippen LogP contribution in [-0.2, 0) is 9.59 Å². The van der Waals surface area contributed by atoms with Gasteiger partial charge in [0.25, 0.3) is 11.8 Å². The van der Waals surface area contributed by atoms with Crippen molar-refractivity contribution in [3.63, 3.8) is 0 Å². The molecule has 0 bridgehead atoms. The Labute approximate surface area is 323 Å². The minimum Gasteiger partial charge on any atom is -0.321 e. The van der Waals surface area contributed by atoms with Crippen LogP contribution in [-0.4, -0.2) is 22.7 Å². The van der Waals surface area contributed by atoms with E-state index in [0.717, 1.165) is 42.5 Å². The number of amides is 3. The van der Waals surface area contributed by atoms with E-state index in [0.29, 0.717) is 16.4 Å². The lowest BCUT2D eigenvalue weighted by Crippen LogP contribution is -2.30. The number of hydrogen-bond acceptors (Lipinski definition) is 6. The summed E-state index contributed by atoms with van der Waals surface area (Å²) in [5, 5.41) is 12.8. The van der Waals surface area contributed by atoms with Crippen LogP contribution >= 0.6 is 39.0 Å². The second-order valence-electron chi connectivity index (χ2n) is 11.9. The average Bonchev–Trinajstić information content (AvgIpc) is 3.66. The van der Waals surface area contributed by atoms with Gasteiger partial charge in [0.15, 0.2) is 5.13 Å². The molecule has 0 aliphatic carbocycles. The number of nitrogens with one attached hydrogen (secondary N) is 3. The van der Waals surface area contributed by atoms with Crippen LogP contribution in [0.2, 0.25) is 0 Å². The van der Waals surface area contributed by atoms with E-state index in [2.05, 4.69) is 56.1 Å². The summed E-state index contributed by atoms with van der Waals surface area (Å²) in [7, 11) is 0. The molecule has 7 nitrogen and oxygen atoms in total. The van der Waals surface area contributed by atoms with Gasteiger partial charge in [-0.25, -0.2) is 4.98 Å². The van der Waals surface area contributed by atoms with E-state index in [-0.39, 0.29) is 11.6 Å². The molecule has 3 N–H and O–H groups in total. The molecular weight excluding hydrogens is 765 g/mol. The summed E-state index contributed by atoms with van der Waals surface area (Å²) in [6.07, 6.45) is 1.63. The van der Waals surface area contributed by atoms with Gasteiger partial charge in [-0.3, -0.25) is 14.4 Å². The third-order valence-electron chi connectivity index (χ3n) is 8.18. The predicted octanol–water partition coefficient (Wildman–Crippen LogP) is 10.6. The summed E-state index contributed by atoms with van der Waals surface area (Å²) in [4.78, 5) is 46.2. The number of carbonyl (C=O) groups excluding carboxylic acids is 3. The molecule has 0 saturated heterocycles. The Morgan fingerprint density at radius 2 is 1.43 bits per heavy atom. The van der Waals surface area contributed by atoms with Gasteiger partial charge in [-0.2, -0.15) is 0 Å². The number of carbonyl (C=O) groups is 3. The number of aromatic nitrogens is 1. The van der Waals surface area contributed by atoms with Gasteiger partial charge in [0, 0.05) is 31.6 Å². The maximum absolute atomic E-state index is 13.9. The van der Waals surface area contributed by atoms with Gasteiger partial charge in [0.1, 0.15) is 10.9 Å². The number of hydrogen-bond donors (Lipinski definition) is 3. The number of rotatable bonds is 11. The summed E-state index contributed by atoms with van der Waals surface area (Å²) in [6, 6.07) is 47.3. The fraction of sp³-hybridized carbons (Fsp3) is 0.0233. The van der Waals surface area contributed by atoms with Gasteiger partial charge in [-0.15, -0.1) is 23.1 Å². The Hall–Kier alpha value is -5.81. The normalized spacial score (nSPS) is 11.8. The first-order valence-electron chi connectivity index (χ1n) is 16.6. The first kappa shape index (κ1) is 35.6. The van der Waals surface area contributed by atoms with Crippen LogP contribution in [0.5, 0.6) is 0 Å². The van der Waals surface area contributed by atoms with E-state index in [4.69, 9.17) is 4.98 Å². The summed E-state index contributed by atoms with van der Waals surface area (Å²) < 4.78 is 0.892. The molecule has 0 spiro atoms. The van der Waals surface area contributed by atoms with E-state index in [1.165, 1.54) is 23.1 Å². The summed E-state index contributed by atoms with van der Waals surface area (Å²) in [6.45, 7) is 0. The smallest absolute Gasteiger partial charge is 0.272 e. The summed E-state index contributed by atoms with van der Waals surface area (Å²) in [5.74, 6) is -1.13. The van der Waals surface area contributed by atoms with Crippen molar-refractivity contribution < 1.29 is 14.4 Å². The van der Waals surface area contributed by atoms with Crippen molar-refractivity contribution in [1.82, 2.24) is 10.3 Å². The second kappa shape index (κ2) is 16.7. The number of anilines is 2. The first-order valence-corrected chi connectivity index (χ1v) is 19.2. The molecule has 260 valence electrons. The number of thioether (sulfide) groups is 1. The molecule has 0 fully saturated rings. The van der Waals surface area contributed by atoms with Crippen LogP contribution < -0.4 is 16.0 Å². The number of thiazole rings is 1. The van der Waals surface area contributed by atoms with Gasteiger partial charge in [-0.05, 0) is 76.5 Å². The Kier molecular flexibility index (Phi) is 11.2. The van der Waals surface area contributed by atoms with Crippen LogP contribution in [0.1, 0.15) is 26.7 Å². The lowest BCUT2D eigenvalue weighted by atomic mass is 10.1. The Balaban J connectivity index is 1.09. The number of halogens is 1. The van der Waals surface area contributed by atoms with Crippen molar-refractivity contribution in [2.75, 3.05) is 10.6 Å². The number of fused-ring (bicyclic) bond motifs is 1. The molecule has 0 aliphatic rings. The quantitative estimate of drug-likeness (QED) is 0.0894. The molecule has 7 rings (SSSR count). The van der Waals surface area contributed by atoms with Crippen molar-refractivity contribution in [3.8, 4) is 11.3 Å². The van der Waals surface area contributed by atoms with E-state index >= 15 is 0 Å². The Morgan fingerprint density at radius 1 is 0.717 bits per heavy atom. The van der Waals surface area contributed by atoms with Crippen LogP contribution in [0, 0.1) is 0 Å². The molecule has 7 aromatic rings. The van der Waals surface area contributed by atoms with Crippen molar-refractivity contribution in [2.24, 2.45) is 0 Å². The average molecular weight is 796 g/mol. The molecule has 1 aromatic heterocycles. The molecule has 0 radical (unpaired) electrons. The standard InChI is InChI=1S/C43H31BrN4O3S2/c44-34-22-18-28(19-23-34)24-37(46-40(49)31-13-5-2-6-14-31)41(50)45-35-16-9-17-36(26-35)53-39(30-11-3-1-4-12-30)42(51)48-43-47-38(27-52-43)33-21-20-29-10-7-8-15-32(29)25-33/h1-27,39H,(H,45,50)(H,46,49)(H,47,48,51)/b37-24-. The summed E-state index contributed by atoms with van der Waals surface area (Å²) in [5.41, 5.74) is 4.32. The molecule has 3 amide bonds. The zero-order valence-corrected chi connectivity index (χ0v) is 31.3. The van der Waals surface area contributed by atoms with Gasteiger partial charge in [-0.1, -0.05) is 119 Å². The largest absolute Gasteiger partial charge is 0.321 e. The van der Waals surface area contributed by atoms with Gasteiger partial charge in [0.05, 0.1) is 5.69 Å². The molecule has 6 aromatic carbocycles. The highest BCUT2D eigenvalue weighted by atomic mass is 79.9. The topological polar surface area (TPSA) is 100 Å². The first-order chi connectivity index (χ1) is 25.9. The maximum atomic E-state index is 13.9. The van der Waals surface area contributed by atoms with E-state index in [1.807, 2.05) is 102 Å². The maximum Gasteiger partial charge on any atom is 0.272 e. The minimum absolute atomic E-state index is 0.0762. The molecule has 10 heteroatoms. The SMILES string of the molecule is O=C(Nc1cccc(SC(C(=O)Nc2nc(-c3ccc4ccccc4c3)cs2)c2ccccc2)c1)/C(=C/c1ccc(Br)cc1)NC(=O)c1ccccc1. The van der Waals surface area contributed by atoms with E-state index in [1.54, 1.807) is 36.4 Å². The highest BCUT2D eigenvalue weighted by Gasteiger charge is 2.24. The zero-order valence-electron chi connectivity index (χ0n) is 28.0. The molecular formula is C43H31BrN4O3S2. The lowest BCUT2D eigenvalue weighted by Gasteiger charge is -2.17. The Morgan fingerprint density at radius 3 is 2.21 bits per heavy atom. The van der Waals surface area contributed by atoms with Crippen LogP contribution in [0.25, 0.3) is 28.1 Å². The van der Waals surface area contributed by atoms with Crippen molar-refractivity contribution >= 4 is 84.4 Å². The zero-order chi connectivity index (χ0) is 36.6. The molecule has 0 saturated carbocycles. The van der Waals surface area contributed by atoms with Gasteiger partial charge < -0.3 is 16.0 Å². The van der Waals surface area contributed by atoms with Gasteiger partial charge in [0.2, 0.25) is 5.91 Å². The van der Waals surface area contributed by atoms with Crippen molar-refractivity contribution in [3.05, 3.63) is 184 Å². The van der Waals surface area contributed by atoms with Crippen LogP contribution in [0.3, 0.4) is 0 Å².